The molecule has 2 aromatic carbocycles. The van der Waals surface area contributed by atoms with Gasteiger partial charge in [-0.05, 0) is 93.2 Å². The summed E-state index contributed by atoms with van der Waals surface area (Å²) in [7, 11) is 3.14. The Balaban J connectivity index is 1.42. The van der Waals surface area contributed by atoms with Crippen molar-refractivity contribution < 1.29 is 34.2 Å². The molecular weight excluding hydrogens is 538 g/mol. The third kappa shape index (κ3) is 4.15. The molecule has 6 atom stereocenters. The van der Waals surface area contributed by atoms with E-state index in [1.54, 1.807) is 20.2 Å². The van der Waals surface area contributed by atoms with Crippen molar-refractivity contribution in [3.05, 3.63) is 53.1 Å². The molecule has 1 saturated heterocycles. The Kier molecular flexibility index (Phi) is 6.91. The van der Waals surface area contributed by atoms with Crippen LogP contribution in [-0.4, -0.2) is 87.9 Å². The van der Waals surface area contributed by atoms with Crippen LogP contribution in [0.25, 0.3) is 11.1 Å². The van der Waals surface area contributed by atoms with Crippen LogP contribution in [0.4, 0.5) is 0 Å². The summed E-state index contributed by atoms with van der Waals surface area (Å²) in [6.45, 7) is 2.92. The number of phenolic OH excluding ortho intramolecular Hbond substituents is 1. The number of likely N-dealkylation sites (tertiary alicyclic amines) is 1. The van der Waals surface area contributed by atoms with E-state index in [1.165, 1.54) is 23.8 Å². The monoisotopic (exact) mass is 573 g/mol. The number of benzene rings is 2. The zero-order valence-electron chi connectivity index (χ0n) is 23.7. The zero-order valence-corrected chi connectivity index (χ0v) is 23.7. The van der Waals surface area contributed by atoms with Gasteiger partial charge < -0.3 is 15.9 Å². The molecular formula is C32H35N3O7. The maximum atomic E-state index is 14.0. The lowest BCUT2D eigenvalue weighted by Crippen LogP contribution is -2.74. The molecule has 4 aliphatic rings. The average molecular weight is 574 g/mol. The van der Waals surface area contributed by atoms with Crippen molar-refractivity contribution in [3.8, 4) is 16.9 Å². The number of hydrogen-bond acceptors (Lipinski definition) is 9. The van der Waals surface area contributed by atoms with Crippen LogP contribution in [0.15, 0.2) is 36.4 Å². The van der Waals surface area contributed by atoms with Crippen LogP contribution < -0.4 is 5.73 Å². The Morgan fingerprint density at radius 2 is 1.79 bits per heavy atom. The molecule has 1 aliphatic heterocycles. The summed E-state index contributed by atoms with van der Waals surface area (Å²) in [6.07, 6.45) is 2.61. The van der Waals surface area contributed by atoms with Gasteiger partial charge in [0.1, 0.15) is 5.75 Å². The number of primary amides is 1. The SMILES string of the molecule is CN(C)C1C(=O)C(C(N)=O)C(=O)C2(O)C(=O)C3C(=O)c4c(O)ccc(-c5cccc(CN6CCCC6)c5)c4CC3CC12. The predicted molar refractivity (Wildman–Crippen MR) is 151 cm³/mol. The van der Waals surface area contributed by atoms with Crippen LogP contribution >= 0.6 is 0 Å². The van der Waals surface area contributed by atoms with Crippen molar-refractivity contribution in [2.45, 2.75) is 43.9 Å². The van der Waals surface area contributed by atoms with Gasteiger partial charge in [-0.1, -0.05) is 24.3 Å². The molecule has 1 amide bonds. The first-order chi connectivity index (χ1) is 19.9. The summed E-state index contributed by atoms with van der Waals surface area (Å²) in [5.41, 5.74) is 6.03. The fourth-order valence-corrected chi connectivity index (χ4v) is 7.91. The van der Waals surface area contributed by atoms with Gasteiger partial charge in [-0.3, -0.25) is 33.8 Å². The zero-order chi connectivity index (χ0) is 30.1. The second kappa shape index (κ2) is 10.2. The van der Waals surface area contributed by atoms with Gasteiger partial charge in [0.05, 0.1) is 17.5 Å². The summed E-state index contributed by atoms with van der Waals surface area (Å²) in [5, 5.41) is 22.6. The lowest BCUT2D eigenvalue weighted by Gasteiger charge is -2.52. The average Bonchev–Trinajstić information content (AvgIpc) is 3.43. The van der Waals surface area contributed by atoms with Crippen LogP contribution in [0, 0.1) is 23.7 Å². The standard InChI is InChI=1S/C32H35N3O7/c1-34(2)26-21-14-18-13-20-19(17-7-5-6-16(12-17)15-35-10-3-4-11-35)8-9-22(36)24(20)27(37)23(18)29(39)32(21,42)30(40)25(28(26)38)31(33)41/h5-9,12,18,21,23,25-26,36,42H,3-4,10-11,13-15H2,1-2H3,(H2,33,41). The van der Waals surface area contributed by atoms with Crippen LogP contribution in [0.2, 0.25) is 0 Å². The summed E-state index contributed by atoms with van der Waals surface area (Å²) in [5.74, 6) is -10.4. The van der Waals surface area contributed by atoms with E-state index in [2.05, 4.69) is 17.0 Å². The lowest BCUT2D eigenvalue weighted by atomic mass is 9.52. The number of rotatable bonds is 5. The molecule has 3 fully saturated rings. The van der Waals surface area contributed by atoms with E-state index in [4.69, 9.17) is 5.73 Å². The Hall–Kier alpha value is -3.73. The Bertz CT molecular complexity index is 1530. The number of phenols is 1. The number of aromatic hydroxyl groups is 1. The first-order valence-corrected chi connectivity index (χ1v) is 14.5. The minimum atomic E-state index is -2.73. The molecule has 1 heterocycles. The van der Waals surface area contributed by atoms with Crippen LogP contribution in [0.1, 0.15) is 40.7 Å². The van der Waals surface area contributed by atoms with E-state index in [-0.39, 0.29) is 24.2 Å². The van der Waals surface area contributed by atoms with Gasteiger partial charge in [0, 0.05) is 12.5 Å². The summed E-state index contributed by atoms with van der Waals surface area (Å²) < 4.78 is 0. The molecule has 0 aromatic heterocycles. The van der Waals surface area contributed by atoms with Gasteiger partial charge in [0.25, 0.3) is 0 Å². The minimum absolute atomic E-state index is 0.00374. The van der Waals surface area contributed by atoms with E-state index in [0.29, 0.717) is 5.56 Å². The highest BCUT2D eigenvalue weighted by Gasteiger charge is 2.69. The molecule has 4 N–H and O–H groups in total. The molecule has 6 rings (SSSR count). The third-order valence-corrected chi connectivity index (χ3v) is 9.79. The summed E-state index contributed by atoms with van der Waals surface area (Å²) >= 11 is 0. The van der Waals surface area contributed by atoms with E-state index in [1.807, 2.05) is 12.1 Å². The first-order valence-electron chi connectivity index (χ1n) is 14.5. The molecule has 0 spiro atoms. The van der Waals surface area contributed by atoms with Gasteiger partial charge in [-0.15, -0.1) is 0 Å². The Labute approximate surface area is 243 Å². The van der Waals surface area contributed by atoms with Crippen molar-refractivity contribution in [1.82, 2.24) is 9.80 Å². The summed E-state index contributed by atoms with van der Waals surface area (Å²) in [6, 6.07) is 10.1. The Morgan fingerprint density at radius 3 is 2.45 bits per heavy atom. The third-order valence-electron chi connectivity index (χ3n) is 9.79. The van der Waals surface area contributed by atoms with Gasteiger partial charge in [-0.25, -0.2) is 0 Å². The van der Waals surface area contributed by atoms with Crippen molar-refractivity contribution >= 4 is 29.0 Å². The van der Waals surface area contributed by atoms with Crippen LogP contribution in [0.5, 0.6) is 5.75 Å². The van der Waals surface area contributed by atoms with E-state index >= 15 is 0 Å². The quantitative estimate of drug-likeness (QED) is 0.446. The normalized spacial score (nSPS) is 31.2. The van der Waals surface area contributed by atoms with Crippen LogP contribution in [-0.2, 0) is 32.1 Å². The fraction of sp³-hybridized carbons (Fsp3) is 0.469. The van der Waals surface area contributed by atoms with E-state index in [0.717, 1.165) is 36.3 Å². The number of fused-ring (bicyclic) bond motifs is 3. The lowest BCUT2D eigenvalue weighted by molar-refractivity contribution is -0.181. The fourth-order valence-electron chi connectivity index (χ4n) is 7.91. The van der Waals surface area contributed by atoms with E-state index < -0.39 is 64.4 Å². The highest BCUT2D eigenvalue weighted by molar-refractivity contribution is 6.32. The van der Waals surface area contributed by atoms with Gasteiger partial charge in [0.2, 0.25) is 5.91 Å². The number of nitrogens with zero attached hydrogens (tertiary/aromatic N) is 2. The maximum Gasteiger partial charge on any atom is 0.235 e. The van der Waals surface area contributed by atoms with Crippen molar-refractivity contribution in [2.24, 2.45) is 29.4 Å². The topological polar surface area (TPSA) is 158 Å². The molecule has 2 aromatic rings. The number of nitrogens with two attached hydrogens (primary N) is 1. The largest absolute Gasteiger partial charge is 0.507 e. The molecule has 0 radical (unpaired) electrons. The highest BCUT2D eigenvalue weighted by Crippen LogP contribution is 2.51. The maximum absolute atomic E-state index is 14.0. The minimum Gasteiger partial charge on any atom is -0.507 e. The van der Waals surface area contributed by atoms with Crippen molar-refractivity contribution in [3.63, 3.8) is 0 Å². The summed E-state index contributed by atoms with van der Waals surface area (Å²) in [4.78, 5) is 70.8. The second-order valence-electron chi connectivity index (χ2n) is 12.5. The molecule has 6 unspecified atom stereocenters. The second-order valence-corrected chi connectivity index (χ2v) is 12.5. The molecule has 0 bridgehead atoms. The number of hydrogen-bond donors (Lipinski definition) is 3. The number of ketones is 4. The smallest absolute Gasteiger partial charge is 0.235 e. The number of amides is 1. The molecule has 220 valence electrons. The molecule has 10 nitrogen and oxygen atoms in total. The van der Waals surface area contributed by atoms with Gasteiger partial charge in [0.15, 0.2) is 34.7 Å². The van der Waals surface area contributed by atoms with Gasteiger partial charge in [-0.2, -0.15) is 0 Å². The van der Waals surface area contributed by atoms with Crippen molar-refractivity contribution in [2.75, 3.05) is 27.2 Å². The van der Waals surface area contributed by atoms with Crippen LogP contribution in [0.3, 0.4) is 0 Å². The molecule has 2 saturated carbocycles. The van der Waals surface area contributed by atoms with E-state index in [9.17, 15) is 34.2 Å². The first kappa shape index (κ1) is 28.4. The number of aliphatic hydroxyl groups is 1. The number of Topliss-reactive ketones (excluding diaryl/α,β-unsaturated/α-hetero) is 4. The highest BCUT2D eigenvalue weighted by atomic mass is 16.3. The number of carbonyl (C=O) groups excluding carboxylic acids is 5. The molecule has 3 aliphatic carbocycles. The molecule has 42 heavy (non-hydrogen) atoms. The Morgan fingerprint density at radius 1 is 1.07 bits per heavy atom. The number of carbonyl (C=O) groups is 5. The molecule has 10 heteroatoms. The van der Waals surface area contributed by atoms with Gasteiger partial charge >= 0.3 is 0 Å². The van der Waals surface area contributed by atoms with Crippen molar-refractivity contribution in [1.29, 1.82) is 0 Å². The number of likely N-dealkylation sites (N-methyl/N-ethyl adjacent to an activating group) is 1. The predicted octanol–water partition coefficient (Wildman–Crippen LogP) is 1.13.